The van der Waals surface area contributed by atoms with Crippen LogP contribution < -0.4 is 0 Å². The van der Waals surface area contributed by atoms with Gasteiger partial charge in [-0.25, -0.2) is 4.79 Å². The van der Waals surface area contributed by atoms with Crippen molar-refractivity contribution in [3.63, 3.8) is 0 Å². The Morgan fingerprint density at radius 1 is 1.57 bits per heavy atom. The van der Waals surface area contributed by atoms with Crippen LogP contribution in [0, 0.1) is 0 Å². The molecule has 0 saturated carbocycles. The van der Waals surface area contributed by atoms with Gasteiger partial charge in [0.2, 0.25) is 0 Å². The molecule has 1 amide bonds. The van der Waals surface area contributed by atoms with Gasteiger partial charge in [0.05, 0.1) is 0 Å². The minimum absolute atomic E-state index is 0. The Balaban J connectivity index is 0. The maximum atomic E-state index is 9.47. The predicted octanol–water partition coefficient (Wildman–Crippen LogP) is 0.653. The first-order chi connectivity index (χ1) is 2.64. The Kier molecular flexibility index (Phi) is 6.94. The average Bonchev–Trinajstić information content (AvgIpc) is 1.36. The van der Waals surface area contributed by atoms with Crippen molar-refractivity contribution >= 4 is 31.7 Å². The number of nitrogens with zero attached hydrogens (tertiary/aromatic N) is 1. The van der Waals surface area contributed by atoms with Gasteiger partial charge in [0.15, 0.2) is 0 Å². The van der Waals surface area contributed by atoms with Crippen molar-refractivity contribution in [3.05, 3.63) is 0 Å². The molecule has 0 rings (SSSR count). The van der Waals surface area contributed by atoms with Crippen molar-refractivity contribution in [3.8, 4) is 0 Å². The number of hydrogen-bond acceptors (Lipinski definition) is 3. The van der Waals surface area contributed by atoms with Crippen LogP contribution in [0.1, 0.15) is 0 Å². The first-order valence-corrected chi connectivity index (χ1v) is 1.85. The molecular formula is CH3FeNO2S2. The first kappa shape index (κ1) is 10.5. The maximum absolute atomic E-state index is 9.47. The van der Waals surface area contributed by atoms with Crippen LogP contribution in [-0.2, 0) is 17.1 Å². The molecule has 1 N–H and O–H groups in total. The van der Waals surface area contributed by atoms with E-state index in [1.165, 1.54) is 0 Å². The maximum Gasteiger partial charge on any atom is 0.427 e. The van der Waals surface area contributed by atoms with Gasteiger partial charge in [-0.1, -0.05) is 0 Å². The molecule has 0 aliphatic rings. The number of rotatable bonds is 0. The van der Waals surface area contributed by atoms with Crippen LogP contribution in [0.5, 0.6) is 0 Å². The summed E-state index contributed by atoms with van der Waals surface area (Å²) in [5, 5.41) is 7.76. The van der Waals surface area contributed by atoms with Gasteiger partial charge >= 0.3 is 6.09 Å². The minimum Gasteiger partial charge on any atom is -0.464 e. The van der Waals surface area contributed by atoms with Crippen LogP contribution >= 0.6 is 25.6 Å². The van der Waals surface area contributed by atoms with E-state index in [0.29, 0.717) is 3.71 Å². The molecule has 0 radical (unpaired) electrons. The summed E-state index contributed by atoms with van der Waals surface area (Å²) in [6, 6.07) is 0. The van der Waals surface area contributed by atoms with Gasteiger partial charge < -0.3 is 5.11 Å². The summed E-state index contributed by atoms with van der Waals surface area (Å²) < 4.78 is 0.472. The zero-order valence-electron chi connectivity index (χ0n) is 3.05. The molecule has 44 valence electrons. The van der Waals surface area contributed by atoms with E-state index >= 15 is 0 Å². The molecule has 0 heterocycles. The molecular weight excluding hydrogens is 178 g/mol. The Morgan fingerprint density at radius 3 is 1.71 bits per heavy atom. The summed E-state index contributed by atoms with van der Waals surface area (Å²) in [6.45, 7) is 0. The topological polar surface area (TPSA) is 40.5 Å². The summed E-state index contributed by atoms with van der Waals surface area (Å²) >= 11 is 6.58. The Morgan fingerprint density at radius 2 is 1.71 bits per heavy atom. The number of carbonyl (C=O) groups is 1. The first-order valence-electron chi connectivity index (χ1n) is 1.05. The molecule has 0 unspecified atom stereocenters. The molecule has 0 atom stereocenters. The quantitative estimate of drug-likeness (QED) is 0.379. The van der Waals surface area contributed by atoms with E-state index in [1.54, 1.807) is 0 Å². The van der Waals surface area contributed by atoms with E-state index in [1.807, 2.05) is 0 Å². The second-order valence-corrected chi connectivity index (χ2v) is 1.69. The smallest absolute Gasteiger partial charge is 0.427 e. The number of carboxylic acid groups (broad SMARTS) is 1. The molecule has 6 heteroatoms. The fourth-order valence-electron chi connectivity index (χ4n) is 0. The van der Waals surface area contributed by atoms with E-state index in [-0.39, 0.29) is 17.1 Å². The van der Waals surface area contributed by atoms with Gasteiger partial charge in [-0.2, -0.15) is 3.71 Å². The summed E-state index contributed by atoms with van der Waals surface area (Å²) in [5.41, 5.74) is 0. The standard InChI is InChI=1S/CH3NO2S2.Fe/c3-1(4)2(5)6;/h5-6H,(H,3,4);. The van der Waals surface area contributed by atoms with Crippen molar-refractivity contribution < 1.29 is 27.0 Å². The molecule has 0 aromatic rings. The molecule has 0 aliphatic carbocycles. The van der Waals surface area contributed by atoms with E-state index < -0.39 is 6.09 Å². The third-order valence-electron chi connectivity index (χ3n) is 0.171. The van der Waals surface area contributed by atoms with Crippen molar-refractivity contribution in [2.45, 2.75) is 0 Å². The third kappa shape index (κ3) is 6.49. The van der Waals surface area contributed by atoms with Gasteiger partial charge in [0.1, 0.15) is 0 Å². The largest absolute Gasteiger partial charge is 0.464 e. The minimum atomic E-state index is -1.18. The van der Waals surface area contributed by atoms with Crippen LogP contribution in [-0.4, -0.2) is 14.9 Å². The number of thiol groups is 2. The molecule has 0 aromatic heterocycles. The molecule has 3 nitrogen and oxygen atoms in total. The fourth-order valence-corrected chi connectivity index (χ4v) is 0. The third-order valence-corrected chi connectivity index (χ3v) is 0.513. The molecule has 0 aliphatic heterocycles. The molecule has 0 aromatic carbocycles. The molecule has 0 bridgehead atoms. The van der Waals surface area contributed by atoms with Gasteiger partial charge in [0.25, 0.3) is 0 Å². The zero-order chi connectivity index (χ0) is 5.15. The van der Waals surface area contributed by atoms with Crippen LogP contribution in [0.4, 0.5) is 4.79 Å². The van der Waals surface area contributed by atoms with E-state index in [9.17, 15) is 4.79 Å². The van der Waals surface area contributed by atoms with Crippen molar-refractivity contribution in [1.82, 2.24) is 3.71 Å². The zero-order valence-corrected chi connectivity index (χ0v) is 5.94. The summed E-state index contributed by atoms with van der Waals surface area (Å²) in [7, 11) is 0. The molecule has 0 saturated heterocycles. The van der Waals surface area contributed by atoms with Crippen molar-refractivity contribution in [2.24, 2.45) is 0 Å². The van der Waals surface area contributed by atoms with Crippen LogP contribution in [0.15, 0.2) is 0 Å². The fraction of sp³-hybridized carbons (Fsp3) is 0. The summed E-state index contributed by atoms with van der Waals surface area (Å²) in [4.78, 5) is 9.47. The Bertz CT molecular complexity index is 66.7. The van der Waals surface area contributed by atoms with Crippen LogP contribution in [0.25, 0.3) is 0 Å². The van der Waals surface area contributed by atoms with E-state index in [0.717, 1.165) is 0 Å². The van der Waals surface area contributed by atoms with E-state index in [4.69, 9.17) is 5.11 Å². The Hall–Kier alpha value is 0.489. The van der Waals surface area contributed by atoms with E-state index in [2.05, 4.69) is 25.6 Å². The van der Waals surface area contributed by atoms with Gasteiger partial charge in [0, 0.05) is 17.1 Å². The second-order valence-electron chi connectivity index (χ2n) is 0.572. The monoisotopic (exact) mass is 181 g/mol. The number of hydrogen-bond donors (Lipinski definition) is 3. The summed E-state index contributed by atoms with van der Waals surface area (Å²) in [5.74, 6) is 0. The van der Waals surface area contributed by atoms with Crippen LogP contribution in [0.2, 0.25) is 0 Å². The number of amides is 1. The molecule has 0 spiro atoms. The predicted molar refractivity (Wildman–Crippen MR) is 27.8 cm³/mol. The van der Waals surface area contributed by atoms with Crippen molar-refractivity contribution in [1.29, 1.82) is 0 Å². The molecule has 0 fully saturated rings. The molecule has 7 heavy (non-hydrogen) atoms. The second kappa shape index (κ2) is 4.64. The van der Waals surface area contributed by atoms with Crippen LogP contribution in [0.3, 0.4) is 0 Å². The van der Waals surface area contributed by atoms with Gasteiger partial charge in [-0.15, -0.1) is 0 Å². The summed E-state index contributed by atoms with van der Waals surface area (Å²) in [6.07, 6.45) is -1.18. The normalized spacial score (nSPS) is 6.57. The average molecular weight is 181 g/mol. The Labute approximate surface area is 62.6 Å². The SMILES string of the molecule is O=C(O)N(S)S.[Fe]. The van der Waals surface area contributed by atoms with Gasteiger partial charge in [-0.3, -0.25) is 0 Å². The van der Waals surface area contributed by atoms with Gasteiger partial charge in [-0.05, 0) is 25.6 Å². The van der Waals surface area contributed by atoms with Crippen molar-refractivity contribution in [2.75, 3.05) is 0 Å².